The Hall–Kier alpha value is -2.13. The van der Waals surface area contributed by atoms with Crippen LogP contribution in [-0.2, 0) is 11.2 Å². The fraction of sp³-hybridized carbons (Fsp3) is 0.263. The van der Waals surface area contributed by atoms with E-state index in [2.05, 4.69) is 0 Å². The lowest BCUT2D eigenvalue weighted by atomic mass is 10.0. The monoisotopic (exact) mass is 329 g/mol. The van der Waals surface area contributed by atoms with E-state index in [0.717, 1.165) is 23.2 Å². The smallest absolute Gasteiger partial charge is 0.224 e. The number of nitrogens with zero attached hydrogens (tertiary/aromatic N) is 1. The molecule has 0 spiro atoms. The number of carbonyl (C=O) groups excluding carboxylic acids is 2. The molecule has 2 aromatic rings. The number of aryl methyl sites for hydroxylation is 1. The molecular weight excluding hydrogens is 310 g/mol. The summed E-state index contributed by atoms with van der Waals surface area (Å²) < 4.78 is 0. The predicted molar refractivity (Wildman–Crippen MR) is 94.4 cm³/mol. The molecule has 0 N–H and O–H groups in total. The lowest BCUT2D eigenvalue weighted by Crippen LogP contribution is -2.35. The van der Waals surface area contributed by atoms with Crippen molar-refractivity contribution in [3.8, 4) is 0 Å². The maximum atomic E-state index is 12.5. The van der Waals surface area contributed by atoms with Gasteiger partial charge >= 0.3 is 0 Å². The average molecular weight is 330 g/mol. The topological polar surface area (TPSA) is 37.4 Å². The summed E-state index contributed by atoms with van der Waals surface area (Å²) in [6.45, 7) is 5.37. The van der Waals surface area contributed by atoms with Crippen molar-refractivity contribution in [2.75, 3.05) is 11.4 Å². The zero-order chi connectivity index (χ0) is 17.0. The van der Waals surface area contributed by atoms with Gasteiger partial charge < -0.3 is 4.90 Å². The molecule has 0 aliphatic rings. The molecule has 0 bridgehead atoms. The molecule has 2 aromatic carbocycles. The molecule has 120 valence electrons. The Balaban J connectivity index is 2.42. The third-order valence-corrected chi connectivity index (χ3v) is 4.29. The number of rotatable bonds is 5. The average Bonchev–Trinajstić information content (AvgIpc) is 2.56. The van der Waals surface area contributed by atoms with Crippen LogP contribution < -0.4 is 4.90 Å². The molecule has 0 aliphatic heterocycles. The molecule has 0 aliphatic carbocycles. The van der Waals surface area contributed by atoms with Crippen molar-refractivity contribution in [2.45, 2.75) is 27.2 Å². The van der Waals surface area contributed by atoms with Gasteiger partial charge in [-0.05, 0) is 30.5 Å². The zero-order valence-corrected chi connectivity index (χ0v) is 14.4. The van der Waals surface area contributed by atoms with Gasteiger partial charge in [0.1, 0.15) is 0 Å². The molecule has 23 heavy (non-hydrogen) atoms. The molecule has 0 saturated carbocycles. The maximum Gasteiger partial charge on any atom is 0.224 e. The molecule has 0 atom stereocenters. The number of halogens is 1. The number of amides is 1. The van der Waals surface area contributed by atoms with E-state index in [1.165, 1.54) is 11.8 Å². The van der Waals surface area contributed by atoms with E-state index in [1.807, 2.05) is 44.2 Å². The van der Waals surface area contributed by atoms with E-state index in [1.54, 1.807) is 12.1 Å². The van der Waals surface area contributed by atoms with Gasteiger partial charge in [-0.3, -0.25) is 9.59 Å². The van der Waals surface area contributed by atoms with Crippen LogP contribution in [-0.4, -0.2) is 18.2 Å². The van der Waals surface area contributed by atoms with Crippen molar-refractivity contribution in [2.24, 2.45) is 0 Å². The second kappa shape index (κ2) is 7.42. The van der Waals surface area contributed by atoms with Crippen LogP contribution in [0.5, 0.6) is 0 Å². The number of Topliss-reactive ketones (excluding diaryl/α,β-unsaturated/α-hetero) is 1. The summed E-state index contributed by atoms with van der Waals surface area (Å²) in [6.07, 6.45) is 0.761. The van der Waals surface area contributed by atoms with Gasteiger partial charge in [0.15, 0.2) is 5.78 Å². The third-order valence-electron chi connectivity index (χ3n) is 3.88. The standard InChI is InChI=1S/C19H20ClNO2/c1-4-15-10-11-17(20)13(2)19(15)21(14(3)22)12-18(23)16-8-6-5-7-9-16/h5-11H,4,12H2,1-3H3. The van der Waals surface area contributed by atoms with Crippen molar-refractivity contribution in [3.05, 3.63) is 64.2 Å². The highest BCUT2D eigenvalue weighted by atomic mass is 35.5. The summed E-state index contributed by atoms with van der Waals surface area (Å²) >= 11 is 6.22. The van der Waals surface area contributed by atoms with Gasteiger partial charge in [0.2, 0.25) is 5.91 Å². The number of benzene rings is 2. The highest BCUT2D eigenvalue weighted by Gasteiger charge is 2.22. The molecule has 0 aromatic heterocycles. The first kappa shape index (κ1) is 17.2. The predicted octanol–water partition coefficient (Wildman–Crippen LogP) is 4.45. The second-order valence-corrected chi connectivity index (χ2v) is 5.84. The van der Waals surface area contributed by atoms with Crippen LogP contribution >= 0.6 is 11.6 Å². The molecular formula is C19H20ClNO2. The lowest BCUT2D eigenvalue weighted by molar-refractivity contribution is -0.116. The molecule has 0 saturated heterocycles. The van der Waals surface area contributed by atoms with E-state index < -0.39 is 0 Å². The fourth-order valence-electron chi connectivity index (χ4n) is 2.60. The Bertz CT molecular complexity index is 726. The normalized spacial score (nSPS) is 10.4. The highest BCUT2D eigenvalue weighted by Crippen LogP contribution is 2.31. The summed E-state index contributed by atoms with van der Waals surface area (Å²) in [5.41, 5.74) is 3.17. The Morgan fingerprint density at radius 2 is 1.74 bits per heavy atom. The van der Waals surface area contributed by atoms with Crippen LogP contribution in [0.3, 0.4) is 0 Å². The molecule has 4 heteroatoms. The lowest BCUT2D eigenvalue weighted by Gasteiger charge is -2.25. The zero-order valence-electron chi connectivity index (χ0n) is 13.6. The summed E-state index contributed by atoms with van der Waals surface area (Å²) in [7, 11) is 0. The summed E-state index contributed by atoms with van der Waals surface area (Å²) in [5, 5.41) is 0.593. The Kier molecular flexibility index (Phi) is 5.56. The largest absolute Gasteiger partial charge is 0.304 e. The molecule has 2 rings (SSSR count). The fourth-order valence-corrected chi connectivity index (χ4v) is 2.75. The van der Waals surface area contributed by atoms with Crippen LogP contribution in [0.15, 0.2) is 42.5 Å². The van der Waals surface area contributed by atoms with E-state index in [0.29, 0.717) is 10.6 Å². The maximum absolute atomic E-state index is 12.5. The van der Waals surface area contributed by atoms with Crippen molar-refractivity contribution >= 4 is 29.0 Å². The van der Waals surface area contributed by atoms with Gasteiger partial charge in [0.05, 0.1) is 12.2 Å². The molecule has 0 radical (unpaired) electrons. The first-order chi connectivity index (χ1) is 11.0. The van der Waals surface area contributed by atoms with Crippen LogP contribution in [0.2, 0.25) is 5.02 Å². The SMILES string of the molecule is CCc1ccc(Cl)c(C)c1N(CC(=O)c1ccccc1)C(C)=O. The van der Waals surface area contributed by atoms with E-state index in [4.69, 9.17) is 11.6 Å². The molecule has 3 nitrogen and oxygen atoms in total. The van der Waals surface area contributed by atoms with Crippen molar-refractivity contribution in [3.63, 3.8) is 0 Å². The minimum atomic E-state index is -0.172. The van der Waals surface area contributed by atoms with Gasteiger partial charge in [0, 0.05) is 17.5 Å². The number of anilines is 1. The van der Waals surface area contributed by atoms with Crippen LogP contribution in [0.25, 0.3) is 0 Å². The van der Waals surface area contributed by atoms with E-state index in [9.17, 15) is 9.59 Å². The Labute approximate surface area is 141 Å². The van der Waals surface area contributed by atoms with Crippen molar-refractivity contribution in [1.29, 1.82) is 0 Å². The summed E-state index contributed by atoms with van der Waals surface area (Å²) in [6, 6.07) is 12.7. The summed E-state index contributed by atoms with van der Waals surface area (Å²) in [4.78, 5) is 26.2. The number of hydrogen-bond acceptors (Lipinski definition) is 2. The molecule has 0 unspecified atom stereocenters. The van der Waals surface area contributed by atoms with Gasteiger partial charge in [0.25, 0.3) is 0 Å². The van der Waals surface area contributed by atoms with Gasteiger partial charge in [-0.15, -0.1) is 0 Å². The van der Waals surface area contributed by atoms with Gasteiger partial charge in [-0.1, -0.05) is 54.9 Å². The van der Waals surface area contributed by atoms with E-state index in [-0.39, 0.29) is 18.2 Å². The first-order valence-electron chi connectivity index (χ1n) is 7.60. The molecule has 1 amide bonds. The Morgan fingerprint density at radius 1 is 1.09 bits per heavy atom. The van der Waals surface area contributed by atoms with Gasteiger partial charge in [-0.2, -0.15) is 0 Å². The van der Waals surface area contributed by atoms with Crippen molar-refractivity contribution < 1.29 is 9.59 Å². The van der Waals surface area contributed by atoms with Crippen LogP contribution in [0.4, 0.5) is 5.69 Å². The van der Waals surface area contributed by atoms with E-state index >= 15 is 0 Å². The minimum absolute atomic E-state index is 0.00747. The third kappa shape index (κ3) is 3.80. The second-order valence-electron chi connectivity index (χ2n) is 5.43. The van der Waals surface area contributed by atoms with Crippen LogP contribution in [0.1, 0.15) is 35.3 Å². The van der Waals surface area contributed by atoms with Crippen LogP contribution in [0, 0.1) is 6.92 Å². The van der Waals surface area contributed by atoms with Crippen molar-refractivity contribution in [1.82, 2.24) is 0 Å². The molecule has 0 fully saturated rings. The summed E-state index contributed by atoms with van der Waals surface area (Å²) in [5.74, 6) is -0.267. The number of ketones is 1. The number of hydrogen-bond donors (Lipinski definition) is 0. The first-order valence-corrected chi connectivity index (χ1v) is 7.97. The quantitative estimate of drug-likeness (QED) is 0.760. The number of carbonyl (C=O) groups is 2. The minimum Gasteiger partial charge on any atom is -0.304 e. The molecule has 0 heterocycles. The highest BCUT2D eigenvalue weighted by molar-refractivity contribution is 6.32. The Morgan fingerprint density at radius 3 is 2.30 bits per heavy atom. The van der Waals surface area contributed by atoms with Gasteiger partial charge in [-0.25, -0.2) is 0 Å².